The summed E-state index contributed by atoms with van der Waals surface area (Å²) in [6, 6.07) is 20.3. The molecule has 2 amide bonds. The third kappa shape index (κ3) is 6.06. The van der Waals surface area contributed by atoms with Crippen molar-refractivity contribution in [3.63, 3.8) is 0 Å². The first-order chi connectivity index (χ1) is 17.5. The van der Waals surface area contributed by atoms with Crippen molar-refractivity contribution in [3.05, 3.63) is 95.6 Å². The molecule has 0 aliphatic heterocycles. The Morgan fingerprint density at radius 3 is 2.14 bits per heavy atom. The summed E-state index contributed by atoms with van der Waals surface area (Å²) in [7, 11) is 0. The molecule has 0 aliphatic rings. The number of rotatable bonds is 6. The predicted octanol–water partition coefficient (Wildman–Crippen LogP) is 7.43. The smallest absolute Gasteiger partial charge is 0.323 e. The Morgan fingerprint density at radius 1 is 0.838 bits per heavy atom. The first-order valence-corrected chi connectivity index (χ1v) is 12.1. The molecule has 190 valence electrons. The molecule has 0 fully saturated rings. The second kappa shape index (κ2) is 10.3. The van der Waals surface area contributed by atoms with Crippen molar-refractivity contribution >= 4 is 23.2 Å². The second-order valence-electron chi connectivity index (χ2n) is 10.1. The molecule has 0 radical (unpaired) electrons. The Hall–Kier alpha value is -4.39. The maximum absolute atomic E-state index is 13.0. The highest BCUT2D eigenvalue weighted by Crippen LogP contribution is 2.31. The van der Waals surface area contributed by atoms with Gasteiger partial charge in [0.1, 0.15) is 17.2 Å². The molecular formula is C30H32N4O3. The van der Waals surface area contributed by atoms with Crippen LogP contribution in [0.2, 0.25) is 0 Å². The highest BCUT2D eigenvalue weighted by atomic mass is 16.5. The Kier molecular flexibility index (Phi) is 7.16. The molecule has 4 aromatic rings. The van der Waals surface area contributed by atoms with E-state index in [1.54, 1.807) is 36.4 Å². The standard InChI is InChI=1S/C30H32N4O3/c1-19-7-8-20(2)34(19)28-14-9-22(30(4,5)6)17-27(28)33-29(36)32-23-10-12-24(13-11-23)37-25-15-16-31-26(18-25)21(3)35/h7-18H,1-6H3,(H2,32,33,36). The zero-order valence-electron chi connectivity index (χ0n) is 22.0. The summed E-state index contributed by atoms with van der Waals surface area (Å²) in [5.41, 5.74) is 5.83. The number of carbonyl (C=O) groups excluding carboxylic acids is 2. The van der Waals surface area contributed by atoms with E-state index >= 15 is 0 Å². The fourth-order valence-electron chi connectivity index (χ4n) is 4.04. The summed E-state index contributed by atoms with van der Waals surface area (Å²) in [6.45, 7) is 12.0. The average Bonchev–Trinajstić information content (AvgIpc) is 3.17. The van der Waals surface area contributed by atoms with Crippen molar-refractivity contribution in [3.8, 4) is 17.2 Å². The molecule has 2 aromatic heterocycles. The normalized spacial score (nSPS) is 11.2. The van der Waals surface area contributed by atoms with Gasteiger partial charge in [0.15, 0.2) is 5.78 Å². The van der Waals surface area contributed by atoms with E-state index in [1.807, 2.05) is 19.9 Å². The summed E-state index contributed by atoms with van der Waals surface area (Å²) in [4.78, 5) is 28.6. The van der Waals surface area contributed by atoms with Gasteiger partial charge in [-0.05, 0) is 79.4 Å². The van der Waals surface area contributed by atoms with Gasteiger partial charge in [-0.25, -0.2) is 4.79 Å². The van der Waals surface area contributed by atoms with Crippen LogP contribution in [0, 0.1) is 13.8 Å². The molecule has 7 heteroatoms. The van der Waals surface area contributed by atoms with E-state index < -0.39 is 0 Å². The number of aryl methyl sites for hydroxylation is 2. The number of carbonyl (C=O) groups is 2. The largest absolute Gasteiger partial charge is 0.457 e. The van der Waals surface area contributed by atoms with Crippen LogP contribution in [-0.2, 0) is 5.41 Å². The minimum absolute atomic E-state index is 0.0674. The van der Waals surface area contributed by atoms with Crippen molar-refractivity contribution in [2.24, 2.45) is 0 Å². The first-order valence-electron chi connectivity index (χ1n) is 12.1. The highest BCUT2D eigenvalue weighted by molar-refractivity contribution is 6.01. The lowest BCUT2D eigenvalue weighted by Crippen LogP contribution is -2.21. The maximum Gasteiger partial charge on any atom is 0.323 e. The van der Waals surface area contributed by atoms with E-state index in [1.165, 1.54) is 13.1 Å². The number of Topliss-reactive ketones (excluding diaryl/α,β-unsaturated/α-hetero) is 1. The van der Waals surface area contributed by atoms with E-state index in [2.05, 4.69) is 65.2 Å². The molecule has 0 spiro atoms. The Balaban J connectivity index is 1.51. The molecule has 2 heterocycles. The van der Waals surface area contributed by atoms with Gasteiger partial charge in [0, 0.05) is 36.3 Å². The van der Waals surface area contributed by atoms with Crippen molar-refractivity contribution < 1.29 is 14.3 Å². The van der Waals surface area contributed by atoms with E-state index in [9.17, 15) is 9.59 Å². The molecular weight excluding hydrogens is 464 g/mol. The van der Waals surface area contributed by atoms with Gasteiger partial charge in [-0.3, -0.25) is 9.78 Å². The summed E-state index contributed by atoms with van der Waals surface area (Å²) in [5.74, 6) is 0.959. The molecule has 37 heavy (non-hydrogen) atoms. The van der Waals surface area contributed by atoms with Crippen LogP contribution in [-0.4, -0.2) is 21.4 Å². The predicted molar refractivity (Wildman–Crippen MR) is 147 cm³/mol. The third-order valence-corrected chi connectivity index (χ3v) is 6.06. The van der Waals surface area contributed by atoms with Crippen molar-refractivity contribution in [1.82, 2.24) is 9.55 Å². The van der Waals surface area contributed by atoms with Crippen molar-refractivity contribution in [1.29, 1.82) is 0 Å². The van der Waals surface area contributed by atoms with Crippen LogP contribution in [0.4, 0.5) is 16.2 Å². The molecule has 0 saturated heterocycles. The number of pyridine rings is 1. The monoisotopic (exact) mass is 496 g/mol. The molecule has 7 nitrogen and oxygen atoms in total. The number of ketones is 1. The van der Waals surface area contributed by atoms with Gasteiger partial charge in [0.25, 0.3) is 0 Å². The molecule has 2 N–H and O–H groups in total. The lowest BCUT2D eigenvalue weighted by atomic mass is 9.86. The van der Waals surface area contributed by atoms with E-state index in [0.717, 1.165) is 28.3 Å². The van der Waals surface area contributed by atoms with Gasteiger partial charge >= 0.3 is 6.03 Å². The number of hydrogen-bond acceptors (Lipinski definition) is 4. The molecule has 0 saturated carbocycles. The van der Waals surface area contributed by atoms with Gasteiger partial charge < -0.3 is 19.9 Å². The Labute approximate surface area is 217 Å². The minimum atomic E-state index is -0.344. The minimum Gasteiger partial charge on any atom is -0.457 e. The number of aromatic nitrogens is 2. The molecule has 0 atom stereocenters. The summed E-state index contributed by atoms with van der Waals surface area (Å²) in [5, 5.41) is 5.94. The highest BCUT2D eigenvalue weighted by Gasteiger charge is 2.18. The van der Waals surface area contributed by atoms with Crippen LogP contribution < -0.4 is 15.4 Å². The third-order valence-electron chi connectivity index (χ3n) is 6.06. The number of anilines is 2. The van der Waals surface area contributed by atoms with E-state index in [-0.39, 0.29) is 17.2 Å². The zero-order valence-corrected chi connectivity index (χ0v) is 22.0. The van der Waals surface area contributed by atoms with Gasteiger partial charge in [0.2, 0.25) is 0 Å². The second-order valence-corrected chi connectivity index (χ2v) is 10.1. The van der Waals surface area contributed by atoms with Crippen LogP contribution >= 0.6 is 0 Å². The average molecular weight is 497 g/mol. The lowest BCUT2D eigenvalue weighted by Gasteiger charge is -2.23. The molecule has 4 rings (SSSR count). The van der Waals surface area contributed by atoms with Gasteiger partial charge in [-0.2, -0.15) is 0 Å². The number of nitrogens with zero attached hydrogens (tertiary/aromatic N) is 2. The quantitative estimate of drug-likeness (QED) is 0.272. The zero-order chi connectivity index (χ0) is 26.7. The fourth-order valence-corrected chi connectivity index (χ4v) is 4.04. The molecule has 0 aliphatic carbocycles. The first kappa shape index (κ1) is 25.7. The lowest BCUT2D eigenvalue weighted by molar-refractivity contribution is 0.101. The van der Waals surface area contributed by atoms with Crippen LogP contribution in [0.15, 0.2) is 72.9 Å². The number of benzene rings is 2. The van der Waals surface area contributed by atoms with Crippen molar-refractivity contribution in [2.75, 3.05) is 10.6 Å². The fraction of sp³-hybridized carbons (Fsp3) is 0.233. The van der Waals surface area contributed by atoms with Gasteiger partial charge in [0.05, 0.1) is 11.4 Å². The topological polar surface area (TPSA) is 85.2 Å². The number of ether oxygens (including phenoxy) is 1. The van der Waals surface area contributed by atoms with E-state index in [4.69, 9.17) is 4.74 Å². The van der Waals surface area contributed by atoms with Gasteiger partial charge in [-0.15, -0.1) is 0 Å². The summed E-state index contributed by atoms with van der Waals surface area (Å²) >= 11 is 0. The van der Waals surface area contributed by atoms with Crippen LogP contribution in [0.5, 0.6) is 11.5 Å². The van der Waals surface area contributed by atoms with Crippen LogP contribution in [0.3, 0.4) is 0 Å². The Morgan fingerprint density at radius 2 is 1.51 bits per heavy atom. The van der Waals surface area contributed by atoms with E-state index in [0.29, 0.717) is 22.9 Å². The number of hydrogen-bond donors (Lipinski definition) is 2. The van der Waals surface area contributed by atoms with Crippen LogP contribution in [0.25, 0.3) is 5.69 Å². The number of urea groups is 1. The Bertz CT molecular complexity index is 1430. The van der Waals surface area contributed by atoms with Crippen LogP contribution in [0.1, 0.15) is 55.1 Å². The summed E-state index contributed by atoms with van der Waals surface area (Å²) in [6.07, 6.45) is 1.53. The SMILES string of the molecule is CC(=O)c1cc(Oc2ccc(NC(=O)Nc3cc(C(C)(C)C)ccc3-n3c(C)ccc3C)cc2)ccn1. The summed E-state index contributed by atoms with van der Waals surface area (Å²) < 4.78 is 7.96. The van der Waals surface area contributed by atoms with Gasteiger partial charge in [-0.1, -0.05) is 26.8 Å². The molecule has 2 aromatic carbocycles. The molecule has 0 bridgehead atoms. The number of nitrogens with one attached hydrogen (secondary N) is 2. The van der Waals surface area contributed by atoms with Crippen molar-refractivity contribution in [2.45, 2.75) is 47.0 Å². The molecule has 0 unspecified atom stereocenters. The maximum atomic E-state index is 13.0. The number of amides is 2.